The van der Waals surface area contributed by atoms with E-state index >= 15 is 0 Å². The summed E-state index contributed by atoms with van der Waals surface area (Å²) in [5.41, 5.74) is 9.51. The van der Waals surface area contributed by atoms with Gasteiger partial charge >= 0.3 is 0 Å². The van der Waals surface area contributed by atoms with Gasteiger partial charge in [0.05, 0.1) is 5.69 Å². The zero-order valence-corrected chi connectivity index (χ0v) is 13.3. The molecule has 116 valence electrons. The zero-order chi connectivity index (χ0) is 15.8. The quantitative estimate of drug-likeness (QED) is 0.426. The Hall–Kier alpha value is -2.16. The van der Waals surface area contributed by atoms with Crippen LogP contribution in [-0.2, 0) is 6.42 Å². The van der Waals surface area contributed by atoms with E-state index in [-0.39, 0.29) is 5.84 Å². The maximum absolute atomic E-state index is 7.38. The van der Waals surface area contributed by atoms with Gasteiger partial charge in [-0.05, 0) is 30.5 Å². The highest BCUT2D eigenvalue weighted by molar-refractivity contribution is 5.94. The Bertz CT molecular complexity index is 585. The predicted molar refractivity (Wildman–Crippen MR) is 93.2 cm³/mol. The number of hydrogen-bond donors (Lipinski definition) is 2. The number of hydrogen-bond acceptors (Lipinski definition) is 2. The molecule has 1 heterocycles. The maximum Gasteiger partial charge on any atom is 0.124 e. The second-order valence-corrected chi connectivity index (χ2v) is 5.71. The van der Waals surface area contributed by atoms with Gasteiger partial charge in [0.1, 0.15) is 5.84 Å². The molecule has 1 aromatic carbocycles. The Labute approximate surface area is 133 Å². The number of pyridine rings is 1. The minimum atomic E-state index is 0.0532. The van der Waals surface area contributed by atoms with Crippen LogP contribution in [0.4, 0.5) is 0 Å². The molecule has 0 unspecified atom stereocenters. The average molecular weight is 295 g/mol. The van der Waals surface area contributed by atoms with Gasteiger partial charge in [-0.2, -0.15) is 0 Å². The van der Waals surface area contributed by atoms with E-state index < -0.39 is 0 Å². The van der Waals surface area contributed by atoms with Crippen LogP contribution in [0, 0.1) is 5.41 Å². The fourth-order valence-electron chi connectivity index (χ4n) is 2.50. The molecule has 2 rings (SSSR count). The van der Waals surface area contributed by atoms with Crippen LogP contribution in [0.25, 0.3) is 11.3 Å². The lowest BCUT2D eigenvalue weighted by atomic mass is 10.0. The molecule has 2 aromatic rings. The fourth-order valence-corrected chi connectivity index (χ4v) is 2.50. The van der Waals surface area contributed by atoms with Crippen molar-refractivity contribution in [3.05, 3.63) is 53.7 Å². The van der Waals surface area contributed by atoms with Crippen LogP contribution in [-0.4, -0.2) is 10.8 Å². The van der Waals surface area contributed by atoms with Crippen molar-refractivity contribution >= 4 is 5.84 Å². The molecule has 0 aliphatic heterocycles. The van der Waals surface area contributed by atoms with E-state index in [2.05, 4.69) is 36.2 Å². The number of nitrogen functional groups attached to an aromatic ring is 1. The Morgan fingerprint density at radius 3 is 2.32 bits per heavy atom. The highest BCUT2D eigenvalue weighted by atomic mass is 14.7. The molecule has 0 amide bonds. The van der Waals surface area contributed by atoms with Crippen molar-refractivity contribution in [2.45, 2.75) is 45.4 Å². The van der Waals surface area contributed by atoms with E-state index in [9.17, 15) is 0 Å². The number of benzene rings is 1. The van der Waals surface area contributed by atoms with Crippen LogP contribution in [0.5, 0.6) is 0 Å². The minimum absolute atomic E-state index is 0.0532. The van der Waals surface area contributed by atoms with Crippen molar-refractivity contribution in [1.29, 1.82) is 5.41 Å². The van der Waals surface area contributed by atoms with E-state index in [1.165, 1.54) is 37.7 Å². The smallest absolute Gasteiger partial charge is 0.124 e. The first kappa shape index (κ1) is 16.2. The number of unbranched alkanes of at least 4 members (excludes halogenated alkanes) is 4. The van der Waals surface area contributed by atoms with Crippen LogP contribution in [0.15, 0.2) is 42.6 Å². The van der Waals surface area contributed by atoms with Crippen molar-refractivity contribution in [1.82, 2.24) is 4.98 Å². The lowest BCUT2D eigenvalue weighted by molar-refractivity contribution is 0.632. The Kier molecular flexibility index (Phi) is 6.13. The van der Waals surface area contributed by atoms with Gasteiger partial charge in [-0.15, -0.1) is 0 Å². The number of nitrogens with one attached hydrogen (secondary N) is 1. The zero-order valence-electron chi connectivity index (χ0n) is 13.3. The third-order valence-electron chi connectivity index (χ3n) is 3.89. The van der Waals surface area contributed by atoms with Crippen LogP contribution < -0.4 is 5.73 Å². The predicted octanol–water partition coefficient (Wildman–Crippen LogP) is 4.55. The fraction of sp³-hybridized carbons (Fsp3) is 0.368. The molecule has 0 saturated carbocycles. The molecule has 0 atom stereocenters. The number of amidine groups is 1. The van der Waals surface area contributed by atoms with E-state index in [4.69, 9.17) is 11.1 Å². The van der Waals surface area contributed by atoms with E-state index in [1.54, 1.807) is 6.20 Å². The summed E-state index contributed by atoms with van der Waals surface area (Å²) < 4.78 is 0. The first-order valence-corrected chi connectivity index (χ1v) is 8.10. The topological polar surface area (TPSA) is 62.8 Å². The Morgan fingerprint density at radius 1 is 1.00 bits per heavy atom. The summed E-state index contributed by atoms with van der Waals surface area (Å²) >= 11 is 0. The molecular weight excluding hydrogens is 270 g/mol. The highest BCUT2D eigenvalue weighted by Crippen LogP contribution is 2.19. The normalized spacial score (nSPS) is 10.6. The summed E-state index contributed by atoms with van der Waals surface area (Å²) in [6, 6.07) is 12.4. The molecule has 3 N–H and O–H groups in total. The molecule has 0 aliphatic rings. The van der Waals surface area contributed by atoms with Gasteiger partial charge in [0.2, 0.25) is 0 Å². The third-order valence-corrected chi connectivity index (χ3v) is 3.89. The minimum Gasteiger partial charge on any atom is -0.384 e. The summed E-state index contributed by atoms with van der Waals surface area (Å²) in [6.07, 6.45) is 9.39. The Morgan fingerprint density at radius 2 is 1.73 bits per heavy atom. The van der Waals surface area contributed by atoms with Crippen molar-refractivity contribution in [3.8, 4) is 11.3 Å². The number of aryl methyl sites for hydroxylation is 1. The molecule has 0 bridgehead atoms. The lowest BCUT2D eigenvalue weighted by Crippen LogP contribution is -2.11. The summed E-state index contributed by atoms with van der Waals surface area (Å²) in [5, 5.41) is 7.38. The van der Waals surface area contributed by atoms with Gasteiger partial charge in [0.25, 0.3) is 0 Å². The highest BCUT2D eigenvalue weighted by Gasteiger charge is 2.02. The van der Waals surface area contributed by atoms with E-state index in [1.807, 2.05) is 12.1 Å². The number of rotatable bonds is 8. The SMILES string of the molecule is CCCCCCCc1ccc(-c2ccc(C(=N)N)cn2)cc1. The van der Waals surface area contributed by atoms with Crippen LogP contribution in [0.3, 0.4) is 0 Å². The van der Waals surface area contributed by atoms with Crippen molar-refractivity contribution < 1.29 is 0 Å². The van der Waals surface area contributed by atoms with Gasteiger partial charge in [0.15, 0.2) is 0 Å². The monoisotopic (exact) mass is 295 g/mol. The van der Waals surface area contributed by atoms with Crippen molar-refractivity contribution in [2.75, 3.05) is 0 Å². The summed E-state index contributed by atoms with van der Waals surface area (Å²) in [4.78, 5) is 4.37. The first-order valence-electron chi connectivity index (χ1n) is 8.10. The van der Waals surface area contributed by atoms with Crippen molar-refractivity contribution in [2.24, 2.45) is 5.73 Å². The largest absolute Gasteiger partial charge is 0.384 e. The lowest BCUT2D eigenvalue weighted by Gasteiger charge is -2.05. The molecule has 3 heteroatoms. The van der Waals surface area contributed by atoms with Gasteiger partial charge in [-0.3, -0.25) is 10.4 Å². The van der Waals surface area contributed by atoms with Crippen LogP contribution >= 0.6 is 0 Å². The molecule has 22 heavy (non-hydrogen) atoms. The first-order chi connectivity index (χ1) is 10.7. The second-order valence-electron chi connectivity index (χ2n) is 5.71. The van der Waals surface area contributed by atoms with Gasteiger partial charge < -0.3 is 5.73 Å². The third kappa shape index (κ3) is 4.69. The molecule has 3 nitrogen and oxygen atoms in total. The molecule has 1 aromatic heterocycles. The van der Waals surface area contributed by atoms with Crippen molar-refractivity contribution in [3.63, 3.8) is 0 Å². The van der Waals surface area contributed by atoms with Crippen LogP contribution in [0.1, 0.15) is 50.2 Å². The second kappa shape index (κ2) is 8.32. The van der Waals surface area contributed by atoms with E-state index in [0.29, 0.717) is 5.56 Å². The Balaban J connectivity index is 1.92. The molecule has 0 radical (unpaired) electrons. The molecular formula is C19H25N3. The van der Waals surface area contributed by atoms with E-state index in [0.717, 1.165) is 17.7 Å². The molecule has 0 aliphatic carbocycles. The summed E-state index contributed by atoms with van der Waals surface area (Å²) in [6.45, 7) is 2.25. The standard InChI is InChI=1S/C19H25N3/c1-2-3-4-5-6-7-15-8-10-16(11-9-15)18-13-12-17(14-22-18)19(20)21/h8-14H,2-7H2,1H3,(H3,20,21). The molecule has 0 saturated heterocycles. The van der Waals surface area contributed by atoms with Gasteiger partial charge in [0, 0.05) is 17.3 Å². The summed E-state index contributed by atoms with van der Waals surface area (Å²) in [5.74, 6) is 0.0532. The number of aromatic nitrogens is 1. The average Bonchev–Trinajstić information content (AvgIpc) is 2.55. The van der Waals surface area contributed by atoms with Gasteiger partial charge in [-0.1, -0.05) is 56.9 Å². The molecule has 0 spiro atoms. The number of nitrogens with zero attached hydrogens (tertiary/aromatic N) is 1. The number of nitrogens with two attached hydrogens (primary N) is 1. The summed E-state index contributed by atoms with van der Waals surface area (Å²) in [7, 11) is 0. The van der Waals surface area contributed by atoms with Gasteiger partial charge in [-0.25, -0.2) is 0 Å². The van der Waals surface area contributed by atoms with Crippen LogP contribution in [0.2, 0.25) is 0 Å². The maximum atomic E-state index is 7.38. The molecule has 0 fully saturated rings.